The lowest BCUT2D eigenvalue weighted by Gasteiger charge is -2.33. The molecule has 1 aromatic heterocycles. The van der Waals surface area contributed by atoms with Gasteiger partial charge in [-0.25, -0.2) is 4.68 Å². The van der Waals surface area contributed by atoms with Crippen LogP contribution >= 0.6 is 23.4 Å². The lowest BCUT2D eigenvalue weighted by atomic mass is 10.0. The molecule has 0 spiro atoms. The average Bonchev–Trinajstić information content (AvgIpc) is 3.04. The Morgan fingerprint density at radius 3 is 2.70 bits per heavy atom. The van der Waals surface area contributed by atoms with Gasteiger partial charge in [-0.15, -0.1) is 5.10 Å². The molecule has 23 heavy (non-hydrogen) atoms. The van der Waals surface area contributed by atoms with Crippen LogP contribution in [0, 0.1) is 0 Å². The van der Waals surface area contributed by atoms with Crippen molar-refractivity contribution in [3.8, 4) is 0 Å². The lowest BCUT2D eigenvalue weighted by Crippen LogP contribution is -2.38. The van der Waals surface area contributed by atoms with Crippen molar-refractivity contribution in [3.63, 3.8) is 0 Å². The van der Waals surface area contributed by atoms with E-state index in [1.54, 1.807) is 7.11 Å². The molecule has 1 atom stereocenters. The van der Waals surface area contributed by atoms with Crippen LogP contribution in [0.15, 0.2) is 24.3 Å². The Bertz CT molecular complexity index is 615. The van der Waals surface area contributed by atoms with E-state index >= 15 is 0 Å². The Labute approximate surface area is 145 Å². The first kappa shape index (κ1) is 16.7. The standard InChI is InChI=1S/C15H20ClN5OS/c1-22-9-6-21-15(17-18-19-21)14(20-7-10-23-11-8-20)12-2-4-13(16)5-3-12/h2-5,14H,6-11H2,1H3/t14-/m0/s1. The zero-order valence-corrected chi connectivity index (χ0v) is 14.6. The maximum Gasteiger partial charge on any atom is 0.173 e. The Hall–Kier alpha value is -1.15. The van der Waals surface area contributed by atoms with Gasteiger partial charge in [0.25, 0.3) is 0 Å². The number of rotatable bonds is 6. The summed E-state index contributed by atoms with van der Waals surface area (Å²) in [5, 5.41) is 13.1. The number of ether oxygens (including phenoxy) is 1. The second kappa shape index (κ2) is 8.10. The summed E-state index contributed by atoms with van der Waals surface area (Å²) < 4.78 is 7.00. The highest BCUT2D eigenvalue weighted by atomic mass is 35.5. The quantitative estimate of drug-likeness (QED) is 0.792. The third-order valence-electron chi connectivity index (χ3n) is 3.91. The summed E-state index contributed by atoms with van der Waals surface area (Å²) in [6.45, 7) is 3.27. The second-order valence-corrected chi connectivity index (χ2v) is 7.02. The van der Waals surface area contributed by atoms with E-state index in [9.17, 15) is 0 Å². The van der Waals surface area contributed by atoms with Gasteiger partial charge in [0, 0.05) is 36.7 Å². The Kier molecular flexibility index (Phi) is 5.88. The molecule has 0 radical (unpaired) electrons. The number of hydrogen-bond donors (Lipinski definition) is 0. The molecule has 2 heterocycles. The highest BCUT2D eigenvalue weighted by Gasteiger charge is 2.28. The third kappa shape index (κ3) is 4.03. The number of tetrazole rings is 1. The van der Waals surface area contributed by atoms with Crippen molar-refractivity contribution in [2.24, 2.45) is 0 Å². The molecule has 1 saturated heterocycles. The summed E-state index contributed by atoms with van der Waals surface area (Å²) in [6, 6.07) is 8.01. The van der Waals surface area contributed by atoms with Gasteiger partial charge >= 0.3 is 0 Å². The molecule has 0 saturated carbocycles. The Morgan fingerprint density at radius 1 is 1.26 bits per heavy atom. The average molecular weight is 354 g/mol. The molecule has 0 unspecified atom stereocenters. The first-order chi connectivity index (χ1) is 11.3. The van der Waals surface area contributed by atoms with Crippen LogP contribution in [0.1, 0.15) is 17.4 Å². The molecular weight excluding hydrogens is 334 g/mol. The minimum absolute atomic E-state index is 0.0417. The van der Waals surface area contributed by atoms with Crippen LogP contribution in [-0.2, 0) is 11.3 Å². The number of hydrogen-bond acceptors (Lipinski definition) is 6. The van der Waals surface area contributed by atoms with E-state index in [0.717, 1.165) is 41.0 Å². The topological polar surface area (TPSA) is 56.1 Å². The fraction of sp³-hybridized carbons (Fsp3) is 0.533. The van der Waals surface area contributed by atoms with Gasteiger partial charge in [0.05, 0.1) is 19.2 Å². The summed E-state index contributed by atoms with van der Waals surface area (Å²) in [5.74, 6) is 3.12. The molecule has 8 heteroatoms. The summed E-state index contributed by atoms with van der Waals surface area (Å²) >= 11 is 8.04. The molecule has 1 aromatic carbocycles. The molecule has 6 nitrogen and oxygen atoms in total. The van der Waals surface area contributed by atoms with Crippen LogP contribution in [0.3, 0.4) is 0 Å². The lowest BCUT2D eigenvalue weighted by molar-refractivity contribution is 0.176. The van der Waals surface area contributed by atoms with Crippen LogP contribution in [0.5, 0.6) is 0 Å². The molecular formula is C15H20ClN5OS. The van der Waals surface area contributed by atoms with Crippen molar-refractivity contribution in [1.82, 2.24) is 25.1 Å². The number of halogens is 1. The van der Waals surface area contributed by atoms with Gasteiger partial charge in [0.2, 0.25) is 0 Å². The van der Waals surface area contributed by atoms with Crippen molar-refractivity contribution in [2.75, 3.05) is 38.3 Å². The van der Waals surface area contributed by atoms with E-state index in [1.807, 2.05) is 28.6 Å². The highest BCUT2D eigenvalue weighted by molar-refractivity contribution is 7.99. The monoisotopic (exact) mass is 353 g/mol. The van der Waals surface area contributed by atoms with Crippen LogP contribution < -0.4 is 0 Å². The maximum absolute atomic E-state index is 6.05. The van der Waals surface area contributed by atoms with E-state index in [1.165, 1.54) is 0 Å². The zero-order chi connectivity index (χ0) is 16.1. The molecule has 2 aromatic rings. The van der Waals surface area contributed by atoms with Crippen LogP contribution in [0.4, 0.5) is 0 Å². The number of thioether (sulfide) groups is 1. The minimum Gasteiger partial charge on any atom is -0.383 e. The van der Waals surface area contributed by atoms with E-state index in [0.29, 0.717) is 13.2 Å². The minimum atomic E-state index is 0.0417. The van der Waals surface area contributed by atoms with Crippen LogP contribution in [-0.4, -0.2) is 63.4 Å². The molecule has 1 aliphatic rings. The van der Waals surface area contributed by atoms with E-state index in [-0.39, 0.29) is 6.04 Å². The van der Waals surface area contributed by atoms with Gasteiger partial charge in [-0.05, 0) is 28.1 Å². The van der Waals surface area contributed by atoms with Crippen molar-refractivity contribution in [3.05, 3.63) is 40.7 Å². The third-order valence-corrected chi connectivity index (χ3v) is 5.10. The molecule has 0 aliphatic carbocycles. The summed E-state index contributed by atoms with van der Waals surface area (Å²) in [6.07, 6.45) is 0. The van der Waals surface area contributed by atoms with Gasteiger partial charge in [-0.1, -0.05) is 23.7 Å². The second-order valence-electron chi connectivity index (χ2n) is 5.36. The van der Waals surface area contributed by atoms with Gasteiger partial charge in [0.15, 0.2) is 5.82 Å². The molecule has 0 amide bonds. The van der Waals surface area contributed by atoms with E-state index in [4.69, 9.17) is 16.3 Å². The van der Waals surface area contributed by atoms with Crippen molar-refractivity contribution >= 4 is 23.4 Å². The number of nitrogens with zero attached hydrogens (tertiary/aromatic N) is 5. The molecule has 0 bridgehead atoms. The predicted octanol–water partition coefficient (Wildman–Crippen LogP) is 2.11. The first-order valence-corrected chi connectivity index (χ1v) is 9.15. The van der Waals surface area contributed by atoms with Crippen molar-refractivity contribution in [2.45, 2.75) is 12.6 Å². The maximum atomic E-state index is 6.05. The Balaban J connectivity index is 1.94. The smallest absolute Gasteiger partial charge is 0.173 e. The van der Waals surface area contributed by atoms with Gasteiger partial charge in [-0.2, -0.15) is 11.8 Å². The number of benzene rings is 1. The zero-order valence-electron chi connectivity index (χ0n) is 13.1. The largest absolute Gasteiger partial charge is 0.383 e. The Morgan fingerprint density at radius 2 is 2.00 bits per heavy atom. The van der Waals surface area contributed by atoms with Gasteiger partial charge < -0.3 is 4.74 Å². The fourth-order valence-electron chi connectivity index (χ4n) is 2.75. The van der Waals surface area contributed by atoms with E-state index in [2.05, 4.69) is 32.6 Å². The van der Waals surface area contributed by atoms with Gasteiger partial charge in [0.1, 0.15) is 0 Å². The van der Waals surface area contributed by atoms with Crippen molar-refractivity contribution < 1.29 is 4.74 Å². The number of methoxy groups -OCH3 is 1. The summed E-state index contributed by atoms with van der Waals surface area (Å²) in [4.78, 5) is 2.44. The van der Waals surface area contributed by atoms with Crippen molar-refractivity contribution in [1.29, 1.82) is 0 Å². The molecule has 1 aliphatic heterocycles. The van der Waals surface area contributed by atoms with Gasteiger partial charge in [-0.3, -0.25) is 4.90 Å². The molecule has 0 N–H and O–H groups in total. The normalized spacial score (nSPS) is 17.3. The molecule has 124 valence electrons. The first-order valence-electron chi connectivity index (χ1n) is 7.62. The summed E-state index contributed by atoms with van der Waals surface area (Å²) in [5.41, 5.74) is 1.16. The fourth-order valence-corrected chi connectivity index (χ4v) is 3.81. The molecule has 1 fully saturated rings. The molecule has 3 rings (SSSR count). The van der Waals surface area contributed by atoms with E-state index < -0.39 is 0 Å². The van der Waals surface area contributed by atoms with Crippen LogP contribution in [0.2, 0.25) is 5.02 Å². The predicted molar refractivity (Wildman–Crippen MR) is 91.9 cm³/mol. The van der Waals surface area contributed by atoms with Crippen LogP contribution in [0.25, 0.3) is 0 Å². The SMILES string of the molecule is COCCn1nnnc1[C@H](c1ccc(Cl)cc1)N1CCSCC1. The highest BCUT2D eigenvalue weighted by Crippen LogP contribution is 2.30. The number of aromatic nitrogens is 4. The summed E-state index contributed by atoms with van der Waals surface area (Å²) in [7, 11) is 1.68.